The van der Waals surface area contributed by atoms with Gasteiger partial charge < -0.3 is 9.88 Å². The van der Waals surface area contributed by atoms with E-state index in [1.807, 2.05) is 25.5 Å². The SMILES string of the molecule is CCc1nn(C)c2c1nc(C(C)Cl)n2CC(=O)NC1CC1. The molecule has 1 fully saturated rings. The smallest absolute Gasteiger partial charge is 0.240 e. The quantitative estimate of drug-likeness (QED) is 0.858. The molecule has 21 heavy (non-hydrogen) atoms. The van der Waals surface area contributed by atoms with E-state index >= 15 is 0 Å². The van der Waals surface area contributed by atoms with Gasteiger partial charge in [0.25, 0.3) is 0 Å². The minimum Gasteiger partial charge on any atom is -0.352 e. The minimum absolute atomic E-state index is 0.00890. The number of carbonyl (C=O) groups excluding carboxylic acids is 1. The van der Waals surface area contributed by atoms with Crippen LogP contribution >= 0.6 is 11.6 Å². The normalized spacial score (nSPS) is 16.4. The number of carbonyl (C=O) groups is 1. The molecule has 0 saturated heterocycles. The van der Waals surface area contributed by atoms with E-state index in [0.29, 0.717) is 6.04 Å². The highest BCUT2D eigenvalue weighted by molar-refractivity contribution is 6.20. The predicted molar refractivity (Wildman–Crippen MR) is 81.3 cm³/mol. The maximum absolute atomic E-state index is 12.1. The van der Waals surface area contributed by atoms with Crippen LogP contribution in [-0.4, -0.2) is 31.3 Å². The van der Waals surface area contributed by atoms with Crippen LogP contribution in [-0.2, 0) is 24.8 Å². The Hall–Kier alpha value is -1.56. The number of nitrogens with one attached hydrogen (secondary N) is 1. The fourth-order valence-corrected chi connectivity index (χ4v) is 2.77. The van der Waals surface area contributed by atoms with Crippen molar-refractivity contribution in [3.63, 3.8) is 0 Å². The van der Waals surface area contributed by atoms with Gasteiger partial charge in [-0.1, -0.05) is 6.92 Å². The Morgan fingerprint density at radius 3 is 2.81 bits per heavy atom. The molecule has 1 N–H and O–H groups in total. The summed E-state index contributed by atoms with van der Waals surface area (Å²) in [5, 5.41) is 7.22. The van der Waals surface area contributed by atoms with Gasteiger partial charge in [0, 0.05) is 13.1 Å². The van der Waals surface area contributed by atoms with Gasteiger partial charge >= 0.3 is 0 Å². The van der Waals surface area contributed by atoms with Gasteiger partial charge in [-0.3, -0.25) is 9.48 Å². The first-order valence-electron chi connectivity index (χ1n) is 7.36. The van der Waals surface area contributed by atoms with E-state index in [1.165, 1.54) is 0 Å². The van der Waals surface area contributed by atoms with Gasteiger partial charge in [0.1, 0.15) is 17.9 Å². The van der Waals surface area contributed by atoms with Crippen molar-refractivity contribution in [1.29, 1.82) is 0 Å². The van der Waals surface area contributed by atoms with Crippen LogP contribution in [0.3, 0.4) is 0 Å². The van der Waals surface area contributed by atoms with Gasteiger partial charge in [-0.15, -0.1) is 11.6 Å². The lowest BCUT2D eigenvalue weighted by molar-refractivity contribution is -0.121. The Kier molecular flexibility index (Phi) is 3.65. The van der Waals surface area contributed by atoms with Crippen molar-refractivity contribution < 1.29 is 4.79 Å². The molecule has 0 radical (unpaired) electrons. The fourth-order valence-electron chi connectivity index (χ4n) is 2.60. The number of rotatable bonds is 5. The van der Waals surface area contributed by atoms with Crippen molar-refractivity contribution >= 4 is 28.7 Å². The van der Waals surface area contributed by atoms with Crippen LogP contribution in [0.2, 0.25) is 0 Å². The summed E-state index contributed by atoms with van der Waals surface area (Å²) in [5.41, 5.74) is 2.65. The van der Waals surface area contributed by atoms with Crippen LogP contribution in [0.4, 0.5) is 0 Å². The van der Waals surface area contributed by atoms with Gasteiger partial charge in [-0.25, -0.2) is 4.98 Å². The monoisotopic (exact) mass is 309 g/mol. The number of halogens is 1. The predicted octanol–water partition coefficient (Wildman–Crippen LogP) is 1.91. The topological polar surface area (TPSA) is 64.7 Å². The molecule has 2 aromatic rings. The number of aryl methyl sites for hydroxylation is 2. The third kappa shape index (κ3) is 2.64. The van der Waals surface area contributed by atoms with Crippen LogP contribution < -0.4 is 5.32 Å². The van der Waals surface area contributed by atoms with Gasteiger partial charge in [0.2, 0.25) is 5.91 Å². The molecule has 7 heteroatoms. The summed E-state index contributed by atoms with van der Waals surface area (Å²) >= 11 is 6.24. The Morgan fingerprint density at radius 1 is 1.52 bits per heavy atom. The molecule has 0 aromatic carbocycles. The lowest BCUT2D eigenvalue weighted by Crippen LogP contribution is -2.30. The summed E-state index contributed by atoms with van der Waals surface area (Å²) in [5.74, 6) is 0.731. The van der Waals surface area contributed by atoms with Crippen LogP contribution in [0.15, 0.2) is 0 Å². The molecule has 1 saturated carbocycles. The van der Waals surface area contributed by atoms with Gasteiger partial charge in [0.15, 0.2) is 5.65 Å². The highest BCUT2D eigenvalue weighted by Gasteiger charge is 2.26. The Bertz CT molecular complexity index is 683. The Labute approximate surface area is 128 Å². The molecule has 1 amide bonds. The number of aromatic nitrogens is 4. The molecule has 0 aliphatic heterocycles. The molecule has 114 valence electrons. The average Bonchev–Trinajstić information content (AvgIpc) is 3.05. The number of imidazole rings is 1. The molecular formula is C14H20ClN5O. The number of fused-ring (bicyclic) bond motifs is 1. The van der Waals surface area contributed by atoms with Crippen LogP contribution in [0.5, 0.6) is 0 Å². The first kappa shape index (κ1) is 14.4. The van der Waals surface area contributed by atoms with E-state index in [9.17, 15) is 4.79 Å². The summed E-state index contributed by atoms with van der Waals surface area (Å²) in [6, 6.07) is 0.353. The minimum atomic E-state index is -0.254. The Balaban J connectivity index is 2.02. The standard InChI is InChI=1S/C14H20ClN5O/c1-4-10-12-14(19(3)18-10)20(13(17-12)8(2)15)7-11(21)16-9-5-6-9/h8-9H,4-7H2,1-3H3,(H,16,21). The van der Waals surface area contributed by atoms with Gasteiger partial charge in [-0.2, -0.15) is 5.10 Å². The van der Waals surface area contributed by atoms with Crippen molar-refractivity contribution in [1.82, 2.24) is 24.6 Å². The molecule has 0 spiro atoms. The molecule has 1 unspecified atom stereocenters. The van der Waals surface area contributed by atoms with E-state index < -0.39 is 0 Å². The molecule has 2 heterocycles. The molecule has 2 aromatic heterocycles. The van der Waals surface area contributed by atoms with E-state index in [2.05, 4.69) is 15.4 Å². The molecule has 3 rings (SSSR count). The maximum Gasteiger partial charge on any atom is 0.240 e. The van der Waals surface area contributed by atoms with Crippen molar-refractivity contribution in [2.24, 2.45) is 7.05 Å². The maximum atomic E-state index is 12.1. The summed E-state index contributed by atoms with van der Waals surface area (Å²) in [4.78, 5) is 16.8. The third-order valence-corrected chi connectivity index (χ3v) is 3.95. The second kappa shape index (κ2) is 5.33. The van der Waals surface area contributed by atoms with Crippen molar-refractivity contribution in [3.8, 4) is 0 Å². The lowest BCUT2D eigenvalue weighted by Gasteiger charge is -2.11. The number of hydrogen-bond donors (Lipinski definition) is 1. The highest BCUT2D eigenvalue weighted by atomic mass is 35.5. The first-order chi connectivity index (χ1) is 10.0. The van der Waals surface area contributed by atoms with Crippen LogP contribution in [0.1, 0.15) is 43.6 Å². The second-order valence-electron chi connectivity index (χ2n) is 5.61. The number of nitrogens with zero attached hydrogens (tertiary/aromatic N) is 4. The molecule has 6 nitrogen and oxygen atoms in total. The van der Waals surface area contributed by atoms with E-state index in [-0.39, 0.29) is 17.8 Å². The van der Waals surface area contributed by atoms with E-state index in [0.717, 1.165) is 41.9 Å². The summed E-state index contributed by atoms with van der Waals surface area (Å²) in [6.07, 6.45) is 2.96. The largest absolute Gasteiger partial charge is 0.352 e. The van der Waals surface area contributed by atoms with Crippen molar-refractivity contribution in [2.45, 2.75) is 51.1 Å². The van der Waals surface area contributed by atoms with Crippen molar-refractivity contribution in [3.05, 3.63) is 11.5 Å². The average molecular weight is 310 g/mol. The Morgan fingerprint density at radius 2 is 2.24 bits per heavy atom. The fraction of sp³-hybridized carbons (Fsp3) is 0.643. The summed E-state index contributed by atoms with van der Waals surface area (Å²) < 4.78 is 3.67. The zero-order valence-corrected chi connectivity index (χ0v) is 13.3. The second-order valence-corrected chi connectivity index (χ2v) is 6.26. The van der Waals surface area contributed by atoms with Gasteiger partial charge in [-0.05, 0) is 26.2 Å². The number of alkyl halides is 1. The molecule has 1 aliphatic carbocycles. The molecule has 0 bridgehead atoms. The van der Waals surface area contributed by atoms with Crippen LogP contribution in [0.25, 0.3) is 11.2 Å². The molecule has 1 atom stereocenters. The third-order valence-electron chi connectivity index (χ3n) is 3.76. The van der Waals surface area contributed by atoms with Gasteiger partial charge in [0.05, 0.1) is 11.1 Å². The lowest BCUT2D eigenvalue weighted by atomic mass is 10.3. The number of amides is 1. The van der Waals surface area contributed by atoms with E-state index in [1.54, 1.807) is 4.68 Å². The summed E-state index contributed by atoms with van der Waals surface area (Å²) in [7, 11) is 1.88. The van der Waals surface area contributed by atoms with Crippen LogP contribution in [0, 0.1) is 0 Å². The van der Waals surface area contributed by atoms with E-state index in [4.69, 9.17) is 11.6 Å². The molecule has 1 aliphatic rings. The zero-order valence-electron chi connectivity index (χ0n) is 12.6. The summed E-state index contributed by atoms with van der Waals surface area (Å²) in [6.45, 7) is 4.16. The zero-order chi connectivity index (χ0) is 15.1. The number of hydrogen-bond acceptors (Lipinski definition) is 3. The van der Waals surface area contributed by atoms with Crippen molar-refractivity contribution in [2.75, 3.05) is 0 Å². The first-order valence-corrected chi connectivity index (χ1v) is 7.80. The highest BCUT2D eigenvalue weighted by Crippen LogP contribution is 2.26. The molecular weight excluding hydrogens is 290 g/mol.